The lowest BCUT2D eigenvalue weighted by molar-refractivity contribution is -0.130. The fourth-order valence-corrected chi connectivity index (χ4v) is 3.32. The summed E-state index contributed by atoms with van der Waals surface area (Å²) in [6.07, 6.45) is 7.70. The van der Waals surface area contributed by atoms with Crippen molar-refractivity contribution in [3.63, 3.8) is 0 Å². The van der Waals surface area contributed by atoms with E-state index in [9.17, 15) is 9.59 Å². The minimum absolute atomic E-state index is 0.0991. The highest BCUT2D eigenvalue weighted by atomic mass is 16.2. The van der Waals surface area contributed by atoms with Crippen LogP contribution in [0.15, 0.2) is 0 Å². The van der Waals surface area contributed by atoms with E-state index in [4.69, 9.17) is 5.73 Å². The van der Waals surface area contributed by atoms with E-state index in [2.05, 4.69) is 10.2 Å². The third-order valence-corrected chi connectivity index (χ3v) is 4.73. The van der Waals surface area contributed by atoms with Crippen molar-refractivity contribution in [1.82, 2.24) is 10.2 Å². The fraction of sp³-hybridized carbons (Fsp3) is 0.867. The van der Waals surface area contributed by atoms with Crippen LogP contribution in [0.2, 0.25) is 0 Å². The average molecular weight is 281 g/mol. The zero-order valence-corrected chi connectivity index (χ0v) is 12.4. The van der Waals surface area contributed by atoms with Gasteiger partial charge in [-0.05, 0) is 39.2 Å². The number of nitrogens with one attached hydrogen (secondary N) is 1. The molecular formula is C15H27N3O2. The lowest BCUT2D eigenvalue weighted by Crippen LogP contribution is -2.52. The van der Waals surface area contributed by atoms with Gasteiger partial charge >= 0.3 is 0 Å². The standard InChI is InChI=1S/C15H27N3O2/c1-11(15(20)17-13-7-3-2-4-8-13)18-9-5-6-12(10-18)14(16)19/h11-13H,2-10H2,1H3,(H2,16,19)(H,17,20)/t11-,12-/m0/s1. The van der Waals surface area contributed by atoms with Gasteiger partial charge in [-0.25, -0.2) is 0 Å². The number of piperidine rings is 1. The highest BCUT2D eigenvalue weighted by Crippen LogP contribution is 2.20. The Kier molecular flexibility index (Phi) is 5.40. The van der Waals surface area contributed by atoms with Crippen LogP contribution in [0.5, 0.6) is 0 Å². The molecule has 1 aliphatic carbocycles. The van der Waals surface area contributed by atoms with Gasteiger partial charge in [0.05, 0.1) is 12.0 Å². The van der Waals surface area contributed by atoms with Crippen molar-refractivity contribution in [1.29, 1.82) is 0 Å². The number of carbonyl (C=O) groups excluding carboxylic acids is 2. The Hall–Kier alpha value is -1.10. The first-order valence-electron chi connectivity index (χ1n) is 7.91. The third-order valence-electron chi connectivity index (χ3n) is 4.73. The zero-order valence-electron chi connectivity index (χ0n) is 12.4. The Morgan fingerprint density at radius 1 is 1.15 bits per heavy atom. The Morgan fingerprint density at radius 2 is 1.85 bits per heavy atom. The smallest absolute Gasteiger partial charge is 0.237 e. The van der Waals surface area contributed by atoms with Crippen molar-refractivity contribution in [3.05, 3.63) is 0 Å². The summed E-state index contributed by atoms with van der Waals surface area (Å²) in [6.45, 7) is 3.43. The Labute approximate surface area is 121 Å². The summed E-state index contributed by atoms with van der Waals surface area (Å²) in [7, 11) is 0. The topological polar surface area (TPSA) is 75.4 Å². The molecule has 0 spiro atoms. The molecule has 2 aliphatic rings. The van der Waals surface area contributed by atoms with Gasteiger partial charge < -0.3 is 11.1 Å². The summed E-state index contributed by atoms with van der Waals surface area (Å²) in [6, 6.07) is 0.175. The molecule has 5 nitrogen and oxygen atoms in total. The molecule has 0 unspecified atom stereocenters. The molecule has 0 aromatic carbocycles. The maximum absolute atomic E-state index is 12.3. The first-order chi connectivity index (χ1) is 9.58. The molecule has 2 fully saturated rings. The molecule has 3 N–H and O–H groups in total. The van der Waals surface area contributed by atoms with Gasteiger partial charge in [-0.2, -0.15) is 0 Å². The van der Waals surface area contributed by atoms with Crippen molar-refractivity contribution in [2.24, 2.45) is 11.7 Å². The first-order valence-corrected chi connectivity index (χ1v) is 7.91. The molecule has 0 aromatic rings. The average Bonchev–Trinajstić information content (AvgIpc) is 2.47. The van der Waals surface area contributed by atoms with Gasteiger partial charge in [-0.1, -0.05) is 19.3 Å². The van der Waals surface area contributed by atoms with E-state index in [1.807, 2.05) is 6.92 Å². The molecule has 1 heterocycles. The Bertz CT molecular complexity index is 353. The van der Waals surface area contributed by atoms with Gasteiger partial charge in [0.25, 0.3) is 0 Å². The van der Waals surface area contributed by atoms with E-state index < -0.39 is 0 Å². The third kappa shape index (κ3) is 3.95. The highest BCUT2D eigenvalue weighted by Gasteiger charge is 2.30. The molecule has 1 saturated heterocycles. The summed E-state index contributed by atoms with van der Waals surface area (Å²) in [5.41, 5.74) is 5.39. The second kappa shape index (κ2) is 7.07. The van der Waals surface area contributed by atoms with Crippen molar-refractivity contribution < 1.29 is 9.59 Å². The SMILES string of the molecule is C[C@@H](C(=O)NC1CCCCC1)N1CCC[C@H](C(N)=O)C1. The number of hydrogen-bond acceptors (Lipinski definition) is 3. The van der Waals surface area contributed by atoms with Crippen LogP contribution >= 0.6 is 0 Å². The second-order valence-corrected chi connectivity index (χ2v) is 6.26. The largest absolute Gasteiger partial charge is 0.369 e. The van der Waals surface area contributed by atoms with E-state index in [1.165, 1.54) is 19.3 Å². The van der Waals surface area contributed by atoms with Crippen LogP contribution in [0.4, 0.5) is 0 Å². The normalized spacial score (nSPS) is 26.9. The predicted molar refractivity (Wildman–Crippen MR) is 78.0 cm³/mol. The summed E-state index contributed by atoms with van der Waals surface area (Å²) in [5.74, 6) is -0.245. The zero-order chi connectivity index (χ0) is 14.5. The van der Waals surface area contributed by atoms with Crippen LogP contribution in [0, 0.1) is 5.92 Å². The number of amides is 2. The van der Waals surface area contributed by atoms with Crippen LogP contribution in [0.3, 0.4) is 0 Å². The molecule has 2 rings (SSSR count). The summed E-state index contributed by atoms with van der Waals surface area (Å²) in [4.78, 5) is 25.7. The van der Waals surface area contributed by atoms with Gasteiger partial charge in [0.15, 0.2) is 0 Å². The van der Waals surface area contributed by atoms with Crippen molar-refractivity contribution in [3.8, 4) is 0 Å². The first kappa shape index (κ1) is 15.3. The van der Waals surface area contributed by atoms with E-state index in [0.29, 0.717) is 12.6 Å². The van der Waals surface area contributed by atoms with Crippen molar-refractivity contribution in [2.75, 3.05) is 13.1 Å². The van der Waals surface area contributed by atoms with E-state index in [1.54, 1.807) is 0 Å². The van der Waals surface area contributed by atoms with Gasteiger partial charge in [-0.15, -0.1) is 0 Å². The number of rotatable bonds is 4. The summed E-state index contributed by atoms with van der Waals surface area (Å²) >= 11 is 0. The minimum atomic E-state index is -0.241. The van der Waals surface area contributed by atoms with E-state index in [-0.39, 0.29) is 23.8 Å². The van der Waals surface area contributed by atoms with Crippen LogP contribution in [0.1, 0.15) is 51.9 Å². The number of nitrogens with two attached hydrogens (primary N) is 1. The molecule has 1 aliphatic heterocycles. The molecule has 0 bridgehead atoms. The number of primary amides is 1. The maximum Gasteiger partial charge on any atom is 0.237 e. The summed E-state index contributed by atoms with van der Waals surface area (Å²) in [5, 5.41) is 3.16. The number of likely N-dealkylation sites (tertiary alicyclic amines) is 1. The molecule has 114 valence electrons. The fourth-order valence-electron chi connectivity index (χ4n) is 3.32. The van der Waals surface area contributed by atoms with E-state index >= 15 is 0 Å². The maximum atomic E-state index is 12.3. The van der Waals surface area contributed by atoms with Gasteiger partial charge in [0.1, 0.15) is 0 Å². The molecule has 1 saturated carbocycles. The number of hydrogen-bond donors (Lipinski definition) is 2. The Morgan fingerprint density at radius 3 is 2.50 bits per heavy atom. The molecule has 5 heteroatoms. The van der Waals surface area contributed by atoms with Gasteiger partial charge in [0, 0.05) is 12.6 Å². The van der Waals surface area contributed by atoms with Crippen molar-refractivity contribution in [2.45, 2.75) is 64.0 Å². The predicted octanol–water partition coefficient (Wildman–Crippen LogP) is 1.02. The quantitative estimate of drug-likeness (QED) is 0.808. The molecule has 0 aromatic heterocycles. The molecule has 2 amide bonds. The number of carbonyl (C=O) groups is 2. The highest BCUT2D eigenvalue weighted by molar-refractivity contribution is 5.82. The van der Waals surface area contributed by atoms with E-state index in [0.717, 1.165) is 32.2 Å². The lowest BCUT2D eigenvalue weighted by Gasteiger charge is -2.35. The van der Waals surface area contributed by atoms with Crippen LogP contribution in [-0.2, 0) is 9.59 Å². The van der Waals surface area contributed by atoms with Crippen LogP contribution in [-0.4, -0.2) is 41.9 Å². The summed E-state index contributed by atoms with van der Waals surface area (Å²) < 4.78 is 0. The van der Waals surface area contributed by atoms with Gasteiger partial charge in [0.2, 0.25) is 11.8 Å². The molecule has 0 radical (unpaired) electrons. The molecule has 20 heavy (non-hydrogen) atoms. The second-order valence-electron chi connectivity index (χ2n) is 6.26. The lowest BCUT2D eigenvalue weighted by atomic mass is 9.94. The molecule has 2 atom stereocenters. The van der Waals surface area contributed by atoms with Gasteiger partial charge in [-0.3, -0.25) is 14.5 Å². The Balaban J connectivity index is 1.84. The number of nitrogens with zero attached hydrogens (tertiary/aromatic N) is 1. The van der Waals surface area contributed by atoms with Crippen LogP contribution < -0.4 is 11.1 Å². The monoisotopic (exact) mass is 281 g/mol. The molecular weight excluding hydrogens is 254 g/mol. The minimum Gasteiger partial charge on any atom is -0.369 e. The van der Waals surface area contributed by atoms with Crippen LogP contribution in [0.25, 0.3) is 0 Å². The van der Waals surface area contributed by atoms with Crippen molar-refractivity contribution >= 4 is 11.8 Å².